The Kier molecular flexibility index (Phi) is 8.61. The first kappa shape index (κ1) is 26.5. The lowest BCUT2D eigenvalue weighted by atomic mass is 9.96. The van der Waals surface area contributed by atoms with Crippen LogP contribution in [0.25, 0.3) is 0 Å². The number of aliphatic hydroxyl groups excluding tert-OH is 2. The van der Waals surface area contributed by atoms with Crippen LogP contribution in [0.5, 0.6) is 0 Å². The number of aromatic nitrogens is 2. The van der Waals surface area contributed by atoms with E-state index in [1.54, 1.807) is 32.2 Å². The van der Waals surface area contributed by atoms with E-state index < -0.39 is 42.6 Å². The van der Waals surface area contributed by atoms with E-state index in [2.05, 4.69) is 10.3 Å². The van der Waals surface area contributed by atoms with E-state index in [1.165, 1.54) is 4.57 Å². The third-order valence-electron chi connectivity index (χ3n) is 6.48. The summed E-state index contributed by atoms with van der Waals surface area (Å²) in [6.45, 7) is 7.08. The van der Waals surface area contributed by atoms with E-state index >= 15 is 0 Å². The molecular weight excluding hydrogens is 444 g/mol. The third-order valence-corrected chi connectivity index (χ3v) is 6.48. The van der Waals surface area contributed by atoms with Gasteiger partial charge in [-0.1, -0.05) is 6.08 Å². The molecule has 0 unspecified atom stereocenters. The minimum atomic E-state index is -1.20. The molecule has 3 N–H and O–H groups in total. The van der Waals surface area contributed by atoms with Crippen LogP contribution in [-0.2, 0) is 19.0 Å². The number of carbonyl (C=O) groups is 1. The second-order valence-electron chi connectivity index (χ2n) is 9.12. The van der Waals surface area contributed by atoms with Crippen LogP contribution in [0.1, 0.15) is 46.8 Å². The van der Waals surface area contributed by atoms with Gasteiger partial charge in [0.15, 0.2) is 6.29 Å². The Morgan fingerprint density at radius 1 is 1.24 bits per heavy atom. The van der Waals surface area contributed by atoms with E-state index in [1.807, 2.05) is 32.8 Å². The largest absolute Gasteiger partial charge is 0.388 e. The van der Waals surface area contributed by atoms with Crippen molar-refractivity contribution in [3.63, 3.8) is 0 Å². The first-order valence-electron chi connectivity index (χ1n) is 11.6. The van der Waals surface area contributed by atoms with E-state index in [4.69, 9.17) is 14.2 Å². The van der Waals surface area contributed by atoms with Crippen molar-refractivity contribution in [2.45, 2.75) is 89.6 Å². The van der Waals surface area contributed by atoms with Crippen LogP contribution in [0.4, 0.5) is 5.82 Å². The summed E-state index contributed by atoms with van der Waals surface area (Å²) in [4.78, 5) is 30.3. The molecular formula is C23H36N4O7. The number of aliphatic hydroxyl groups is 2. The first-order valence-corrected chi connectivity index (χ1v) is 11.6. The van der Waals surface area contributed by atoms with Gasteiger partial charge in [-0.3, -0.25) is 9.36 Å². The third kappa shape index (κ3) is 5.73. The van der Waals surface area contributed by atoms with Crippen molar-refractivity contribution < 1.29 is 29.2 Å². The average Bonchev–Trinajstić information content (AvgIpc) is 2.77. The van der Waals surface area contributed by atoms with Gasteiger partial charge < -0.3 is 34.6 Å². The van der Waals surface area contributed by atoms with E-state index in [0.717, 1.165) is 0 Å². The second-order valence-corrected chi connectivity index (χ2v) is 9.12. The number of hydrogen-bond acceptors (Lipinski definition) is 9. The zero-order valence-corrected chi connectivity index (χ0v) is 20.5. The number of hydrogen-bond donors (Lipinski definition) is 3. The molecule has 11 nitrogen and oxygen atoms in total. The number of ether oxygens (including phenoxy) is 3. The molecule has 3 heterocycles. The van der Waals surface area contributed by atoms with Gasteiger partial charge in [0.25, 0.3) is 5.91 Å². The van der Waals surface area contributed by atoms with Gasteiger partial charge >= 0.3 is 5.69 Å². The Hall–Kier alpha value is -2.15. The van der Waals surface area contributed by atoms with Gasteiger partial charge in [-0.15, -0.1) is 0 Å². The van der Waals surface area contributed by atoms with E-state index in [0.29, 0.717) is 18.4 Å². The maximum Gasteiger partial charge on any atom is 0.351 e. The summed E-state index contributed by atoms with van der Waals surface area (Å²) in [7, 11) is 3.64. The highest BCUT2D eigenvalue weighted by atomic mass is 16.7. The molecule has 11 heteroatoms. The van der Waals surface area contributed by atoms with Crippen LogP contribution >= 0.6 is 0 Å². The molecule has 2 saturated heterocycles. The smallest absolute Gasteiger partial charge is 0.351 e. The fraction of sp³-hybridized carbons (Fsp3) is 0.696. The molecule has 0 bridgehead atoms. The quantitative estimate of drug-likeness (QED) is 0.501. The minimum absolute atomic E-state index is 0.171. The van der Waals surface area contributed by atoms with Crippen molar-refractivity contribution >= 4 is 11.7 Å². The van der Waals surface area contributed by atoms with Crippen LogP contribution in [0.15, 0.2) is 28.7 Å². The maximum absolute atomic E-state index is 12.6. The Morgan fingerprint density at radius 2 is 1.94 bits per heavy atom. The number of nitrogens with zero attached hydrogens (tertiary/aromatic N) is 3. The maximum atomic E-state index is 12.6. The minimum Gasteiger partial charge on any atom is -0.388 e. The summed E-state index contributed by atoms with van der Waals surface area (Å²) >= 11 is 0. The molecule has 3 rings (SSSR count). The van der Waals surface area contributed by atoms with Gasteiger partial charge in [0, 0.05) is 11.8 Å². The number of rotatable bonds is 6. The number of allylic oxidation sites excluding steroid dienone is 1. The van der Waals surface area contributed by atoms with Crippen molar-refractivity contribution in [2.75, 3.05) is 19.4 Å². The molecule has 0 aromatic carbocycles. The second kappa shape index (κ2) is 11.1. The first-order chi connectivity index (χ1) is 16.0. The molecule has 2 aliphatic heterocycles. The lowest BCUT2D eigenvalue weighted by molar-refractivity contribution is -0.310. The molecule has 1 aromatic rings. The number of likely N-dealkylation sites (N-methyl/N-ethyl adjacent to an activating group) is 1. The predicted octanol–water partition coefficient (Wildman–Crippen LogP) is 0.628. The molecule has 1 amide bonds. The zero-order valence-electron chi connectivity index (χ0n) is 20.5. The van der Waals surface area contributed by atoms with Crippen molar-refractivity contribution in [1.82, 2.24) is 14.5 Å². The Bertz CT molecular complexity index is 949. The Balaban J connectivity index is 1.61. The fourth-order valence-electron chi connectivity index (χ4n) is 4.40. The van der Waals surface area contributed by atoms with Crippen LogP contribution in [0, 0.1) is 0 Å². The predicted molar refractivity (Wildman–Crippen MR) is 124 cm³/mol. The number of anilines is 1. The normalized spacial score (nSPS) is 34.8. The summed E-state index contributed by atoms with van der Waals surface area (Å²) < 4.78 is 19.3. The molecule has 0 radical (unpaired) electrons. The van der Waals surface area contributed by atoms with Crippen molar-refractivity contribution in [3.05, 3.63) is 34.4 Å². The SMILES string of the molecule is C/C=C(\C)C(=O)Nc1ccn([C@H]2CC[C@H](O[C@H]3O[C@H](C)[C@@H](N(C)C)[C@H](O)[C@H]3O)[C@@H](C)O2)c(=O)n1. The van der Waals surface area contributed by atoms with E-state index in [-0.39, 0.29) is 23.9 Å². The van der Waals surface area contributed by atoms with Crippen LogP contribution in [0.3, 0.4) is 0 Å². The lowest BCUT2D eigenvalue weighted by Crippen LogP contribution is -2.62. The highest BCUT2D eigenvalue weighted by Crippen LogP contribution is 2.32. The zero-order chi connectivity index (χ0) is 25.2. The summed E-state index contributed by atoms with van der Waals surface area (Å²) in [6.07, 6.45) is -0.648. The molecule has 0 spiro atoms. The molecule has 0 aliphatic carbocycles. The van der Waals surface area contributed by atoms with Gasteiger partial charge in [-0.25, -0.2) is 4.79 Å². The number of carbonyl (C=O) groups excluding carboxylic acids is 1. The number of amides is 1. The molecule has 8 atom stereocenters. The lowest BCUT2D eigenvalue weighted by Gasteiger charge is -2.46. The monoisotopic (exact) mass is 480 g/mol. The molecule has 190 valence electrons. The molecule has 34 heavy (non-hydrogen) atoms. The van der Waals surface area contributed by atoms with Crippen molar-refractivity contribution in [1.29, 1.82) is 0 Å². The standard InChI is InChI=1S/C23H36N4O7/c1-7-12(2)21(30)24-16-10-11-27(23(31)25-16)17-9-8-15(13(3)32-17)34-22-20(29)19(28)18(26(5)6)14(4)33-22/h7,10-11,13-15,17-20,22,28-29H,8-9H2,1-6H3,(H,24,25,30,31)/b12-7+/t13-,14-,15+,17-,18-,19+,20-,22-/m1/s1. The fourth-order valence-corrected chi connectivity index (χ4v) is 4.40. The summed E-state index contributed by atoms with van der Waals surface area (Å²) in [5.74, 6) is -0.150. The molecule has 2 fully saturated rings. The van der Waals surface area contributed by atoms with E-state index in [9.17, 15) is 19.8 Å². The van der Waals surface area contributed by atoms with Crippen LogP contribution in [0.2, 0.25) is 0 Å². The van der Waals surface area contributed by atoms with Crippen LogP contribution < -0.4 is 11.0 Å². The summed E-state index contributed by atoms with van der Waals surface area (Å²) in [5, 5.41) is 23.7. The van der Waals surface area contributed by atoms with Gasteiger partial charge in [-0.2, -0.15) is 4.98 Å². The summed E-state index contributed by atoms with van der Waals surface area (Å²) in [6, 6.07) is 1.20. The van der Waals surface area contributed by atoms with Gasteiger partial charge in [0.2, 0.25) is 0 Å². The van der Waals surface area contributed by atoms with Gasteiger partial charge in [0.05, 0.1) is 24.4 Å². The molecule has 1 aromatic heterocycles. The Morgan fingerprint density at radius 3 is 2.53 bits per heavy atom. The highest BCUT2D eigenvalue weighted by molar-refractivity contribution is 6.02. The van der Waals surface area contributed by atoms with Gasteiger partial charge in [-0.05, 0) is 60.7 Å². The van der Waals surface area contributed by atoms with Crippen LogP contribution in [-0.4, -0.2) is 87.5 Å². The van der Waals surface area contributed by atoms with Crippen molar-refractivity contribution in [3.8, 4) is 0 Å². The topological polar surface area (TPSA) is 135 Å². The summed E-state index contributed by atoms with van der Waals surface area (Å²) in [5.41, 5.74) is -0.0159. The Labute approximate surface area is 199 Å². The molecule has 2 aliphatic rings. The average molecular weight is 481 g/mol. The molecule has 0 saturated carbocycles. The number of nitrogens with one attached hydrogen (secondary N) is 1. The van der Waals surface area contributed by atoms with Gasteiger partial charge in [0.1, 0.15) is 24.3 Å². The highest BCUT2D eigenvalue weighted by Gasteiger charge is 2.46. The van der Waals surface area contributed by atoms with Crippen molar-refractivity contribution in [2.24, 2.45) is 0 Å².